The first kappa shape index (κ1) is 22.3. The minimum Gasteiger partial charge on any atom is -0.497 e. The van der Waals surface area contributed by atoms with Crippen molar-refractivity contribution in [3.63, 3.8) is 0 Å². The van der Waals surface area contributed by atoms with Gasteiger partial charge in [0.25, 0.3) is 11.4 Å². The number of carbonyl (C=O) groups is 1. The number of benzene rings is 2. The smallest absolute Gasteiger partial charge is 0.264 e. The minimum absolute atomic E-state index is 0.0874. The molecule has 0 spiro atoms. The molecule has 4 aromatic rings. The van der Waals surface area contributed by atoms with Gasteiger partial charge in [0.1, 0.15) is 17.9 Å². The summed E-state index contributed by atoms with van der Waals surface area (Å²) >= 11 is 5.93. The lowest BCUT2D eigenvalue weighted by Crippen LogP contribution is -2.30. The molecule has 1 amide bonds. The maximum atomic E-state index is 13.3. The third-order valence-electron chi connectivity index (χ3n) is 5.10. The van der Waals surface area contributed by atoms with Crippen molar-refractivity contribution in [3.8, 4) is 28.6 Å². The molecule has 1 N–H and O–H groups in total. The number of aryl methyl sites for hydroxylation is 2. The van der Waals surface area contributed by atoms with Crippen LogP contribution in [0.15, 0.2) is 63.9 Å². The van der Waals surface area contributed by atoms with Crippen molar-refractivity contribution in [2.75, 3.05) is 12.4 Å². The number of methoxy groups -OCH3 is 1. The van der Waals surface area contributed by atoms with Gasteiger partial charge in [-0.3, -0.25) is 9.59 Å². The molecule has 0 aliphatic carbocycles. The summed E-state index contributed by atoms with van der Waals surface area (Å²) in [6.07, 6.45) is 0. The molecule has 2 aromatic carbocycles. The van der Waals surface area contributed by atoms with Gasteiger partial charge in [-0.15, -0.1) is 0 Å². The van der Waals surface area contributed by atoms with Gasteiger partial charge in [0.15, 0.2) is 0 Å². The Balaban J connectivity index is 1.63. The number of aromatic nitrogens is 3. The van der Waals surface area contributed by atoms with Crippen LogP contribution in [0.5, 0.6) is 5.75 Å². The lowest BCUT2D eigenvalue weighted by atomic mass is 10.1. The zero-order valence-electron chi connectivity index (χ0n) is 18.3. The van der Waals surface area contributed by atoms with Gasteiger partial charge in [-0.25, -0.2) is 0 Å². The van der Waals surface area contributed by atoms with Gasteiger partial charge in [-0.1, -0.05) is 22.8 Å². The predicted octanol–water partition coefficient (Wildman–Crippen LogP) is 4.48. The summed E-state index contributed by atoms with van der Waals surface area (Å²) in [7, 11) is 1.55. The summed E-state index contributed by atoms with van der Waals surface area (Å²) in [4.78, 5) is 30.4. The van der Waals surface area contributed by atoms with E-state index in [2.05, 4.69) is 15.5 Å². The van der Waals surface area contributed by atoms with Gasteiger partial charge in [0, 0.05) is 28.0 Å². The van der Waals surface area contributed by atoms with Crippen molar-refractivity contribution in [2.45, 2.75) is 20.4 Å². The fourth-order valence-electron chi connectivity index (χ4n) is 3.47. The highest BCUT2D eigenvalue weighted by Crippen LogP contribution is 2.24. The molecule has 0 atom stereocenters. The Morgan fingerprint density at radius 3 is 2.64 bits per heavy atom. The van der Waals surface area contributed by atoms with Gasteiger partial charge in [0.2, 0.25) is 11.7 Å². The van der Waals surface area contributed by atoms with Crippen molar-refractivity contribution in [3.05, 3.63) is 81.2 Å². The summed E-state index contributed by atoms with van der Waals surface area (Å²) in [5, 5.41) is 7.36. The SMILES string of the molecule is COc1cccc(NC(=O)Cn2c(C)cc(C)c(-c3nc(-c4ccc(Cl)cc4)no3)c2=O)c1. The highest BCUT2D eigenvalue weighted by Gasteiger charge is 2.20. The number of rotatable bonds is 6. The third-order valence-corrected chi connectivity index (χ3v) is 5.35. The molecule has 0 aliphatic heterocycles. The van der Waals surface area contributed by atoms with Crippen LogP contribution in [0.3, 0.4) is 0 Å². The molecule has 33 heavy (non-hydrogen) atoms. The Kier molecular flexibility index (Phi) is 6.28. The number of anilines is 1. The van der Waals surface area contributed by atoms with Gasteiger partial charge < -0.3 is 19.1 Å². The normalized spacial score (nSPS) is 10.8. The van der Waals surface area contributed by atoms with E-state index in [0.717, 1.165) is 0 Å². The molecular formula is C24H21ClN4O4. The number of halogens is 1. The summed E-state index contributed by atoms with van der Waals surface area (Å²) < 4.78 is 11.9. The first-order valence-corrected chi connectivity index (χ1v) is 10.5. The van der Waals surface area contributed by atoms with Crippen LogP contribution in [0.25, 0.3) is 22.8 Å². The summed E-state index contributed by atoms with van der Waals surface area (Å²) in [5.74, 6) is 0.690. The van der Waals surface area contributed by atoms with Gasteiger partial charge >= 0.3 is 0 Å². The Hall–Kier alpha value is -3.91. The van der Waals surface area contributed by atoms with Gasteiger partial charge in [-0.2, -0.15) is 4.98 Å². The minimum atomic E-state index is -0.389. The van der Waals surface area contributed by atoms with Crippen molar-refractivity contribution >= 4 is 23.2 Å². The number of nitrogens with one attached hydrogen (secondary N) is 1. The van der Waals surface area contributed by atoms with Crippen LogP contribution < -0.4 is 15.6 Å². The van der Waals surface area contributed by atoms with Crippen molar-refractivity contribution < 1.29 is 14.1 Å². The van der Waals surface area contributed by atoms with E-state index in [1.165, 1.54) is 4.57 Å². The summed E-state index contributed by atoms with van der Waals surface area (Å²) in [5.41, 5.74) is 2.45. The molecule has 0 aliphatic rings. The van der Waals surface area contributed by atoms with Crippen LogP contribution in [0.4, 0.5) is 5.69 Å². The summed E-state index contributed by atoms with van der Waals surface area (Å²) in [6.45, 7) is 3.38. The molecule has 0 radical (unpaired) electrons. The van der Waals surface area contributed by atoms with Crippen LogP contribution in [-0.4, -0.2) is 27.7 Å². The molecule has 0 fully saturated rings. The van der Waals surface area contributed by atoms with E-state index in [0.29, 0.717) is 39.1 Å². The third kappa shape index (κ3) is 4.80. The molecule has 0 bridgehead atoms. The quantitative estimate of drug-likeness (QED) is 0.451. The Morgan fingerprint density at radius 1 is 1.15 bits per heavy atom. The second-order valence-corrected chi connectivity index (χ2v) is 7.88. The molecule has 4 rings (SSSR count). The molecule has 2 heterocycles. The maximum Gasteiger partial charge on any atom is 0.264 e. The van der Waals surface area contributed by atoms with E-state index < -0.39 is 0 Å². The molecule has 168 valence electrons. The largest absolute Gasteiger partial charge is 0.497 e. The highest BCUT2D eigenvalue weighted by molar-refractivity contribution is 6.30. The fraction of sp³-hybridized carbons (Fsp3) is 0.167. The standard InChI is InChI=1S/C24H21ClN4O4/c1-14-11-15(2)29(13-20(30)26-18-5-4-6-19(12-18)32-3)24(31)21(14)23-27-22(28-33-23)16-7-9-17(25)10-8-16/h4-12H,13H2,1-3H3,(H,26,30). The Bertz CT molecular complexity index is 1380. The van der Waals surface area contributed by atoms with Crippen LogP contribution in [0.1, 0.15) is 11.3 Å². The number of pyridine rings is 1. The van der Waals surface area contributed by atoms with E-state index in [9.17, 15) is 9.59 Å². The lowest BCUT2D eigenvalue weighted by Gasteiger charge is -2.13. The van der Waals surface area contributed by atoms with E-state index >= 15 is 0 Å². The second-order valence-electron chi connectivity index (χ2n) is 7.45. The molecular weight excluding hydrogens is 444 g/mol. The average molecular weight is 465 g/mol. The number of amides is 1. The zero-order chi connectivity index (χ0) is 23.5. The highest BCUT2D eigenvalue weighted by atomic mass is 35.5. The predicted molar refractivity (Wildman–Crippen MR) is 126 cm³/mol. The number of hydrogen-bond acceptors (Lipinski definition) is 6. The van der Waals surface area contributed by atoms with E-state index in [4.69, 9.17) is 20.9 Å². The van der Waals surface area contributed by atoms with E-state index in [1.807, 2.05) is 6.07 Å². The number of hydrogen-bond donors (Lipinski definition) is 1. The van der Waals surface area contributed by atoms with Crippen LogP contribution >= 0.6 is 11.6 Å². The first-order valence-electron chi connectivity index (χ1n) is 10.1. The van der Waals surface area contributed by atoms with Gasteiger partial charge in [0.05, 0.1) is 7.11 Å². The monoisotopic (exact) mass is 464 g/mol. The first-order chi connectivity index (χ1) is 15.9. The topological polar surface area (TPSA) is 99.2 Å². The zero-order valence-corrected chi connectivity index (χ0v) is 19.0. The van der Waals surface area contributed by atoms with Crippen LogP contribution in [0, 0.1) is 13.8 Å². The van der Waals surface area contributed by atoms with E-state index in [1.54, 1.807) is 69.5 Å². The fourth-order valence-corrected chi connectivity index (χ4v) is 3.60. The molecule has 0 saturated heterocycles. The molecule has 0 unspecified atom stereocenters. The van der Waals surface area contributed by atoms with Crippen molar-refractivity contribution in [2.24, 2.45) is 0 Å². The number of ether oxygens (including phenoxy) is 1. The second kappa shape index (κ2) is 9.30. The van der Waals surface area contributed by atoms with Crippen LogP contribution in [-0.2, 0) is 11.3 Å². The number of nitrogens with zero attached hydrogens (tertiary/aromatic N) is 3. The Labute approximate surface area is 194 Å². The molecule has 9 heteroatoms. The van der Waals surface area contributed by atoms with Crippen LogP contribution in [0.2, 0.25) is 5.02 Å². The summed E-state index contributed by atoms with van der Waals surface area (Å²) in [6, 6.07) is 15.8. The average Bonchev–Trinajstić information content (AvgIpc) is 3.26. The molecule has 2 aromatic heterocycles. The maximum absolute atomic E-state index is 13.3. The Morgan fingerprint density at radius 2 is 1.91 bits per heavy atom. The van der Waals surface area contributed by atoms with Gasteiger partial charge in [-0.05, 0) is 61.9 Å². The molecule has 0 saturated carbocycles. The van der Waals surface area contributed by atoms with E-state index in [-0.39, 0.29) is 29.5 Å². The molecule has 8 nitrogen and oxygen atoms in total. The number of carbonyl (C=O) groups excluding carboxylic acids is 1. The lowest BCUT2D eigenvalue weighted by molar-refractivity contribution is -0.116. The van der Waals surface area contributed by atoms with Crippen molar-refractivity contribution in [1.29, 1.82) is 0 Å². The van der Waals surface area contributed by atoms with Crippen molar-refractivity contribution in [1.82, 2.24) is 14.7 Å².